The first-order valence-corrected chi connectivity index (χ1v) is 6.38. The molecule has 0 aromatic carbocycles. The normalized spacial score (nSPS) is 10.2. The molecule has 0 N–H and O–H groups in total. The second kappa shape index (κ2) is 8.32. The van der Waals surface area contributed by atoms with Crippen LogP contribution in [0.4, 0.5) is 0 Å². The van der Waals surface area contributed by atoms with Crippen LogP contribution in [0, 0.1) is 0 Å². The van der Waals surface area contributed by atoms with E-state index in [0.29, 0.717) is 5.92 Å². The van der Waals surface area contributed by atoms with E-state index in [0.717, 1.165) is 6.54 Å². The van der Waals surface area contributed by atoms with E-state index in [1.807, 2.05) is 12.4 Å². The molecule has 0 amide bonds. The van der Waals surface area contributed by atoms with Gasteiger partial charge in [-0.1, -0.05) is 13.8 Å². The number of hydrogen-bond donors (Lipinski definition) is 0. The van der Waals surface area contributed by atoms with Crippen molar-refractivity contribution in [2.45, 2.75) is 26.3 Å². The maximum absolute atomic E-state index is 4.16. The minimum absolute atomic E-state index is 0.559. The highest BCUT2D eigenvalue weighted by Crippen LogP contribution is 2.18. The van der Waals surface area contributed by atoms with Crippen molar-refractivity contribution >= 4 is 0 Å². The zero-order chi connectivity index (χ0) is 14.1. The van der Waals surface area contributed by atoms with Gasteiger partial charge < -0.3 is 4.90 Å². The summed E-state index contributed by atoms with van der Waals surface area (Å²) >= 11 is 0. The summed E-state index contributed by atoms with van der Waals surface area (Å²) in [6.07, 6.45) is 10.4. The smallest absolute Gasteiger partial charge is 0.0451 e. The molecular formula is C15H22N4. The van der Waals surface area contributed by atoms with Gasteiger partial charge in [0, 0.05) is 43.7 Å². The van der Waals surface area contributed by atoms with Gasteiger partial charge in [0.15, 0.2) is 0 Å². The van der Waals surface area contributed by atoms with Crippen molar-refractivity contribution in [2.24, 2.45) is 0 Å². The maximum Gasteiger partial charge on any atom is 0.0451 e. The first kappa shape index (κ1) is 15.2. The van der Waals surface area contributed by atoms with Gasteiger partial charge in [-0.2, -0.15) is 0 Å². The van der Waals surface area contributed by atoms with E-state index in [1.165, 1.54) is 11.1 Å². The van der Waals surface area contributed by atoms with E-state index >= 15 is 0 Å². The van der Waals surface area contributed by atoms with Crippen LogP contribution >= 0.6 is 0 Å². The van der Waals surface area contributed by atoms with E-state index in [1.54, 1.807) is 24.8 Å². The second-order valence-electron chi connectivity index (χ2n) is 4.86. The van der Waals surface area contributed by atoms with Crippen molar-refractivity contribution in [1.29, 1.82) is 0 Å². The molecule has 19 heavy (non-hydrogen) atoms. The Hall–Kier alpha value is -1.81. The van der Waals surface area contributed by atoms with E-state index in [4.69, 9.17) is 0 Å². The first-order chi connectivity index (χ1) is 9.11. The summed E-state index contributed by atoms with van der Waals surface area (Å²) in [6, 6.07) is 2.11. The Morgan fingerprint density at radius 3 is 1.95 bits per heavy atom. The number of hydrogen-bond acceptors (Lipinski definition) is 4. The Bertz CT molecular complexity index is 428. The molecule has 0 saturated carbocycles. The van der Waals surface area contributed by atoms with Gasteiger partial charge in [-0.3, -0.25) is 15.0 Å². The van der Waals surface area contributed by atoms with Crippen LogP contribution in [0.3, 0.4) is 0 Å². The molecule has 0 saturated heterocycles. The summed E-state index contributed by atoms with van der Waals surface area (Å²) in [6.45, 7) is 5.41. The van der Waals surface area contributed by atoms with Crippen LogP contribution in [0.5, 0.6) is 0 Å². The molecule has 0 atom stereocenters. The van der Waals surface area contributed by atoms with Crippen molar-refractivity contribution in [1.82, 2.24) is 19.9 Å². The molecule has 0 bridgehead atoms. The van der Waals surface area contributed by atoms with E-state index in [2.05, 4.69) is 53.9 Å². The van der Waals surface area contributed by atoms with E-state index in [-0.39, 0.29) is 0 Å². The average molecular weight is 258 g/mol. The van der Waals surface area contributed by atoms with Crippen molar-refractivity contribution < 1.29 is 0 Å². The monoisotopic (exact) mass is 258 g/mol. The quantitative estimate of drug-likeness (QED) is 0.849. The summed E-state index contributed by atoms with van der Waals surface area (Å²) in [5.41, 5.74) is 2.74. The molecule has 4 heteroatoms. The van der Waals surface area contributed by atoms with Gasteiger partial charge in [0.25, 0.3) is 0 Å². The highest BCUT2D eigenvalue weighted by atomic mass is 15.0. The predicted molar refractivity (Wildman–Crippen MR) is 77.7 cm³/mol. The Labute approximate surface area is 115 Å². The van der Waals surface area contributed by atoms with Gasteiger partial charge in [0.05, 0.1) is 0 Å². The summed E-state index contributed by atoms with van der Waals surface area (Å²) in [5.74, 6) is 0.559. The number of pyridine rings is 1. The third-order valence-corrected chi connectivity index (χ3v) is 2.53. The topological polar surface area (TPSA) is 41.9 Å². The predicted octanol–water partition coefficient (Wildman–Crippen LogP) is 2.74. The van der Waals surface area contributed by atoms with Crippen LogP contribution in [0.2, 0.25) is 0 Å². The lowest BCUT2D eigenvalue weighted by atomic mass is 10.00. The summed E-state index contributed by atoms with van der Waals surface area (Å²) in [7, 11) is 4.18. The SMILES string of the molecule is CC(C)c1cnccc1CN(C)C.c1cnccn1. The molecule has 2 rings (SSSR count). The number of nitrogens with zero attached hydrogens (tertiary/aromatic N) is 4. The molecule has 102 valence electrons. The molecule has 0 spiro atoms. The Morgan fingerprint density at radius 1 is 0.947 bits per heavy atom. The largest absolute Gasteiger partial charge is 0.305 e. The van der Waals surface area contributed by atoms with Crippen molar-refractivity contribution in [3.63, 3.8) is 0 Å². The third kappa shape index (κ3) is 6.06. The Balaban J connectivity index is 0.000000250. The molecule has 2 heterocycles. The molecule has 2 aromatic rings. The van der Waals surface area contributed by atoms with Gasteiger partial charge in [0.1, 0.15) is 0 Å². The highest BCUT2D eigenvalue weighted by Gasteiger charge is 2.06. The van der Waals surface area contributed by atoms with Gasteiger partial charge in [-0.25, -0.2) is 0 Å². The second-order valence-corrected chi connectivity index (χ2v) is 4.86. The third-order valence-electron chi connectivity index (χ3n) is 2.53. The minimum atomic E-state index is 0.559. The molecular weight excluding hydrogens is 236 g/mol. The fourth-order valence-corrected chi connectivity index (χ4v) is 1.69. The molecule has 0 unspecified atom stereocenters. The fraction of sp³-hybridized carbons (Fsp3) is 0.400. The lowest BCUT2D eigenvalue weighted by Gasteiger charge is -2.15. The lowest BCUT2D eigenvalue weighted by Crippen LogP contribution is -2.12. The van der Waals surface area contributed by atoms with Crippen LogP contribution in [-0.2, 0) is 6.54 Å². The van der Waals surface area contributed by atoms with Gasteiger partial charge >= 0.3 is 0 Å². The standard InChI is InChI=1S/C11H18N2.C4H4N2/c1-9(2)11-7-12-6-5-10(11)8-13(3)4;1-2-6-4-3-5-1/h5-7,9H,8H2,1-4H3;1-4H. The average Bonchev–Trinajstić information content (AvgIpc) is 2.41. The summed E-state index contributed by atoms with van der Waals surface area (Å²) in [4.78, 5) is 13.8. The van der Waals surface area contributed by atoms with Crippen molar-refractivity contribution in [2.75, 3.05) is 14.1 Å². The van der Waals surface area contributed by atoms with E-state index in [9.17, 15) is 0 Å². The van der Waals surface area contributed by atoms with Crippen molar-refractivity contribution in [3.8, 4) is 0 Å². The van der Waals surface area contributed by atoms with E-state index < -0.39 is 0 Å². The van der Waals surface area contributed by atoms with Gasteiger partial charge in [-0.05, 0) is 37.2 Å². The highest BCUT2D eigenvalue weighted by molar-refractivity contribution is 5.25. The van der Waals surface area contributed by atoms with Crippen LogP contribution < -0.4 is 0 Å². The fourth-order valence-electron chi connectivity index (χ4n) is 1.69. The zero-order valence-corrected chi connectivity index (χ0v) is 12.1. The molecule has 0 aliphatic carbocycles. The molecule has 0 aliphatic heterocycles. The van der Waals surface area contributed by atoms with Crippen LogP contribution in [0.1, 0.15) is 30.9 Å². The van der Waals surface area contributed by atoms with Gasteiger partial charge in [-0.15, -0.1) is 0 Å². The lowest BCUT2D eigenvalue weighted by molar-refractivity contribution is 0.400. The molecule has 0 aliphatic rings. The first-order valence-electron chi connectivity index (χ1n) is 6.38. The Morgan fingerprint density at radius 2 is 1.53 bits per heavy atom. The molecule has 2 aromatic heterocycles. The number of aromatic nitrogens is 3. The molecule has 0 fully saturated rings. The van der Waals surface area contributed by atoms with Crippen LogP contribution in [0.25, 0.3) is 0 Å². The number of rotatable bonds is 3. The minimum Gasteiger partial charge on any atom is -0.305 e. The van der Waals surface area contributed by atoms with Crippen LogP contribution in [-0.4, -0.2) is 33.9 Å². The van der Waals surface area contributed by atoms with Crippen LogP contribution in [0.15, 0.2) is 43.2 Å². The van der Waals surface area contributed by atoms with Crippen molar-refractivity contribution in [3.05, 3.63) is 54.4 Å². The Kier molecular flexibility index (Phi) is 6.68. The summed E-state index contributed by atoms with van der Waals surface area (Å²) < 4.78 is 0. The molecule has 0 radical (unpaired) electrons. The zero-order valence-electron chi connectivity index (χ0n) is 12.1. The van der Waals surface area contributed by atoms with Gasteiger partial charge in [0.2, 0.25) is 0 Å². The summed E-state index contributed by atoms with van der Waals surface area (Å²) in [5, 5.41) is 0. The maximum atomic E-state index is 4.16. The molecule has 4 nitrogen and oxygen atoms in total.